The minimum absolute atomic E-state index is 0.0224. The number of nitrogens with two attached hydrogens (primary N) is 1. The summed E-state index contributed by atoms with van der Waals surface area (Å²) >= 11 is 0. The number of nitrogens with zero attached hydrogens (tertiary/aromatic N) is 3. The Hall–Kier alpha value is -2.78. The Morgan fingerprint density at radius 3 is 2.73 bits per heavy atom. The third-order valence-corrected chi connectivity index (χ3v) is 5.85. The predicted octanol–water partition coefficient (Wildman–Crippen LogP) is 5.57. The number of unbranched alkanes of at least 4 members (excludes halogenated alkanes) is 5. The quantitative estimate of drug-likeness (QED) is 0.269. The van der Waals surface area contributed by atoms with Crippen molar-refractivity contribution in [2.45, 2.75) is 70.4 Å². The van der Waals surface area contributed by atoms with Gasteiger partial charge >= 0.3 is 6.18 Å². The lowest BCUT2D eigenvalue weighted by molar-refractivity contribution is -0.138. The highest BCUT2D eigenvalue weighted by atomic mass is 19.4. The van der Waals surface area contributed by atoms with E-state index < -0.39 is 11.7 Å². The molecule has 1 aromatic heterocycles. The van der Waals surface area contributed by atoms with Crippen molar-refractivity contribution in [2.75, 3.05) is 19.7 Å². The van der Waals surface area contributed by atoms with Crippen molar-refractivity contribution in [1.82, 2.24) is 15.0 Å². The van der Waals surface area contributed by atoms with Crippen LogP contribution in [0.5, 0.6) is 5.75 Å². The van der Waals surface area contributed by atoms with Crippen molar-refractivity contribution >= 4 is 5.96 Å². The van der Waals surface area contributed by atoms with Gasteiger partial charge in [0, 0.05) is 18.7 Å². The average molecular weight is 468 g/mol. The fourth-order valence-corrected chi connectivity index (χ4v) is 4.00. The summed E-state index contributed by atoms with van der Waals surface area (Å²) in [5.41, 5.74) is 4.93. The lowest BCUT2D eigenvalue weighted by Crippen LogP contribution is -2.42. The van der Waals surface area contributed by atoms with E-state index in [-0.39, 0.29) is 35.6 Å². The van der Waals surface area contributed by atoms with E-state index in [9.17, 15) is 13.2 Å². The first-order valence-corrected chi connectivity index (χ1v) is 11.6. The van der Waals surface area contributed by atoms with E-state index in [1.165, 1.54) is 18.6 Å². The SMILES string of the molecule is CCCCCCCCOc1ccc(-c2noc(C3CCCN(C(=N)N)C3)n2)cc1C(F)(F)F. The number of aromatic nitrogens is 2. The van der Waals surface area contributed by atoms with Gasteiger partial charge in [-0.2, -0.15) is 18.2 Å². The number of halogens is 3. The van der Waals surface area contributed by atoms with Gasteiger partial charge in [0.15, 0.2) is 5.96 Å². The lowest BCUT2D eigenvalue weighted by atomic mass is 9.98. The summed E-state index contributed by atoms with van der Waals surface area (Å²) in [5, 5.41) is 11.5. The van der Waals surface area contributed by atoms with Crippen LogP contribution in [0.1, 0.15) is 75.7 Å². The van der Waals surface area contributed by atoms with Crippen LogP contribution in [0.25, 0.3) is 11.4 Å². The minimum Gasteiger partial charge on any atom is -0.493 e. The Kier molecular flexibility index (Phi) is 8.57. The summed E-state index contributed by atoms with van der Waals surface area (Å²) < 4.78 is 51.9. The first-order valence-electron chi connectivity index (χ1n) is 11.6. The molecular weight excluding hydrogens is 435 g/mol. The van der Waals surface area contributed by atoms with E-state index in [1.54, 1.807) is 4.90 Å². The largest absolute Gasteiger partial charge is 0.493 e. The summed E-state index contributed by atoms with van der Waals surface area (Å²) in [6, 6.07) is 3.85. The second kappa shape index (κ2) is 11.4. The highest BCUT2D eigenvalue weighted by Crippen LogP contribution is 2.39. The van der Waals surface area contributed by atoms with E-state index in [4.69, 9.17) is 20.4 Å². The van der Waals surface area contributed by atoms with Crippen molar-refractivity contribution in [1.29, 1.82) is 5.41 Å². The molecule has 0 saturated carbocycles. The van der Waals surface area contributed by atoms with Gasteiger partial charge in [-0.1, -0.05) is 44.2 Å². The fraction of sp³-hybridized carbons (Fsp3) is 0.609. The van der Waals surface area contributed by atoms with Gasteiger partial charge in [-0.05, 0) is 37.5 Å². The number of hydrogen-bond donors (Lipinski definition) is 2. The molecule has 1 atom stereocenters. The number of guanidine groups is 1. The molecule has 182 valence electrons. The molecular formula is C23H32F3N5O2. The molecule has 1 aliphatic rings. The normalized spacial score (nSPS) is 16.7. The Bertz CT molecular complexity index is 916. The van der Waals surface area contributed by atoms with Gasteiger partial charge < -0.3 is 19.9 Å². The van der Waals surface area contributed by atoms with Crippen molar-refractivity contribution in [3.63, 3.8) is 0 Å². The summed E-state index contributed by atoms with van der Waals surface area (Å²) in [4.78, 5) is 6.06. The third kappa shape index (κ3) is 6.85. The maximum atomic E-state index is 13.7. The molecule has 1 fully saturated rings. The van der Waals surface area contributed by atoms with Crippen LogP contribution in [0.4, 0.5) is 13.2 Å². The molecule has 7 nitrogen and oxygen atoms in total. The van der Waals surface area contributed by atoms with Crippen molar-refractivity contribution in [3.8, 4) is 17.1 Å². The van der Waals surface area contributed by atoms with Crippen molar-refractivity contribution in [3.05, 3.63) is 29.7 Å². The van der Waals surface area contributed by atoms with Crippen molar-refractivity contribution in [2.24, 2.45) is 5.73 Å². The summed E-state index contributed by atoms with van der Waals surface area (Å²) in [6.07, 6.45) is 3.21. The van der Waals surface area contributed by atoms with Gasteiger partial charge in [-0.3, -0.25) is 5.41 Å². The number of hydrogen-bond acceptors (Lipinski definition) is 5. The molecule has 0 amide bonds. The Balaban J connectivity index is 1.68. The highest BCUT2D eigenvalue weighted by Gasteiger charge is 2.35. The predicted molar refractivity (Wildman–Crippen MR) is 119 cm³/mol. The summed E-state index contributed by atoms with van der Waals surface area (Å²) in [6.45, 7) is 3.53. The van der Waals surface area contributed by atoms with Crippen LogP contribution in [-0.4, -0.2) is 40.7 Å². The Labute approximate surface area is 192 Å². The molecule has 2 aromatic rings. The van der Waals surface area contributed by atoms with Gasteiger partial charge in [0.2, 0.25) is 11.7 Å². The fourth-order valence-electron chi connectivity index (χ4n) is 4.00. The Morgan fingerprint density at radius 2 is 2.00 bits per heavy atom. The molecule has 3 rings (SSSR count). The molecule has 1 aliphatic heterocycles. The van der Waals surface area contributed by atoms with Crippen LogP contribution in [0.15, 0.2) is 22.7 Å². The first kappa shape index (κ1) is 24.9. The highest BCUT2D eigenvalue weighted by molar-refractivity contribution is 5.74. The summed E-state index contributed by atoms with van der Waals surface area (Å²) in [7, 11) is 0. The smallest absolute Gasteiger partial charge is 0.419 e. The van der Waals surface area contributed by atoms with Crippen LogP contribution in [0, 0.1) is 5.41 Å². The Morgan fingerprint density at radius 1 is 1.24 bits per heavy atom. The number of rotatable bonds is 10. The maximum absolute atomic E-state index is 13.7. The second-order valence-electron chi connectivity index (χ2n) is 8.45. The average Bonchev–Trinajstić information content (AvgIpc) is 3.28. The molecule has 1 saturated heterocycles. The van der Waals surface area contributed by atoms with Crippen molar-refractivity contribution < 1.29 is 22.4 Å². The number of benzene rings is 1. The van der Waals surface area contributed by atoms with Gasteiger partial charge in [-0.15, -0.1) is 0 Å². The standard InChI is InChI=1S/C23H32F3N5O2/c1-2-3-4-5-6-7-13-32-19-11-10-16(14-18(19)23(24,25)26)20-29-21(33-30-20)17-9-8-12-31(15-17)22(27)28/h10-11,14,17H,2-9,12-13,15H2,1H3,(H3,27,28). The van der Waals surface area contributed by atoms with E-state index in [0.29, 0.717) is 19.0 Å². The van der Waals surface area contributed by atoms with Gasteiger partial charge in [0.1, 0.15) is 5.75 Å². The zero-order chi connectivity index (χ0) is 23.8. The molecule has 0 aliphatic carbocycles. The molecule has 33 heavy (non-hydrogen) atoms. The maximum Gasteiger partial charge on any atom is 0.419 e. The van der Waals surface area contributed by atoms with E-state index in [0.717, 1.165) is 51.0 Å². The number of piperidine rings is 1. The number of nitrogens with one attached hydrogen (secondary N) is 1. The third-order valence-electron chi connectivity index (χ3n) is 5.85. The van der Waals surface area contributed by atoms with E-state index in [2.05, 4.69) is 17.1 Å². The summed E-state index contributed by atoms with van der Waals surface area (Å²) in [5.74, 6) is 0.107. The van der Waals surface area contributed by atoms with Gasteiger partial charge in [0.05, 0.1) is 18.1 Å². The van der Waals surface area contributed by atoms with Gasteiger partial charge in [0.25, 0.3) is 0 Å². The second-order valence-corrected chi connectivity index (χ2v) is 8.45. The molecule has 1 unspecified atom stereocenters. The number of alkyl halides is 3. The lowest BCUT2D eigenvalue weighted by Gasteiger charge is -2.30. The van der Waals surface area contributed by atoms with Crippen LogP contribution >= 0.6 is 0 Å². The molecule has 2 heterocycles. The molecule has 0 spiro atoms. The molecule has 0 bridgehead atoms. The monoisotopic (exact) mass is 467 g/mol. The number of likely N-dealkylation sites (tertiary alicyclic amines) is 1. The first-order chi connectivity index (χ1) is 15.8. The zero-order valence-corrected chi connectivity index (χ0v) is 19.0. The molecule has 10 heteroatoms. The minimum atomic E-state index is -4.57. The van der Waals surface area contributed by atoms with Crippen LogP contribution in [0.3, 0.4) is 0 Å². The van der Waals surface area contributed by atoms with Crippen LogP contribution < -0.4 is 10.5 Å². The van der Waals surface area contributed by atoms with E-state index in [1.807, 2.05) is 0 Å². The van der Waals surface area contributed by atoms with E-state index >= 15 is 0 Å². The van der Waals surface area contributed by atoms with Crippen LogP contribution in [0.2, 0.25) is 0 Å². The van der Waals surface area contributed by atoms with Crippen LogP contribution in [-0.2, 0) is 6.18 Å². The molecule has 0 radical (unpaired) electrons. The van der Waals surface area contributed by atoms with Gasteiger partial charge in [-0.25, -0.2) is 0 Å². The number of ether oxygens (including phenoxy) is 1. The zero-order valence-electron chi connectivity index (χ0n) is 19.0. The topological polar surface area (TPSA) is 101 Å². The molecule has 1 aromatic carbocycles. The molecule has 3 N–H and O–H groups in total.